The fraction of sp³-hybridized carbons (Fsp3) is 0.714. The second kappa shape index (κ2) is 7.09. The summed E-state index contributed by atoms with van der Waals surface area (Å²) in [5, 5.41) is 4.35. The molecular formula is C14H25ClN4O. The van der Waals surface area contributed by atoms with Gasteiger partial charge in [0.2, 0.25) is 0 Å². The molecule has 0 aromatic carbocycles. The van der Waals surface area contributed by atoms with Gasteiger partial charge in [-0.2, -0.15) is 5.10 Å². The van der Waals surface area contributed by atoms with E-state index in [4.69, 9.17) is 5.73 Å². The van der Waals surface area contributed by atoms with E-state index in [0.29, 0.717) is 12.5 Å². The van der Waals surface area contributed by atoms with Gasteiger partial charge in [0.15, 0.2) is 0 Å². The van der Waals surface area contributed by atoms with Crippen LogP contribution >= 0.6 is 12.4 Å². The molecule has 5 nitrogen and oxygen atoms in total. The highest BCUT2D eigenvalue weighted by molar-refractivity contribution is 5.95. The third-order valence-corrected chi connectivity index (χ3v) is 4.09. The van der Waals surface area contributed by atoms with Gasteiger partial charge >= 0.3 is 0 Å². The van der Waals surface area contributed by atoms with E-state index in [1.165, 1.54) is 0 Å². The highest BCUT2D eigenvalue weighted by Crippen LogP contribution is 2.25. The van der Waals surface area contributed by atoms with Crippen molar-refractivity contribution in [2.45, 2.75) is 39.2 Å². The molecule has 2 N–H and O–H groups in total. The van der Waals surface area contributed by atoms with Crippen LogP contribution in [0.2, 0.25) is 0 Å². The quantitative estimate of drug-likeness (QED) is 0.922. The number of amides is 1. The van der Waals surface area contributed by atoms with Crippen LogP contribution in [-0.2, 0) is 13.5 Å². The normalized spacial score (nSPS) is 22.5. The molecule has 0 radical (unpaired) electrons. The predicted octanol–water partition coefficient (Wildman–Crippen LogP) is 1.60. The number of nitrogens with two attached hydrogens (primary N) is 1. The molecule has 1 aromatic rings. The fourth-order valence-electron chi connectivity index (χ4n) is 2.99. The zero-order chi connectivity index (χ0) is 14.0. The summed E-state index contributed by atoms with van der Waals surface area (Å²) in [6, 6.07) is 0.158. The molecule has 0 spiro atoms. The monoisotopic (exact) mass is 300 g/mol. The molecule has 114 valence electrons. The first-order valence-electron chi connectivity index (χ1n) is 7.12. The standard InChI is InChI=1S/C14H24N4O.ClH/c1-4-12-11(9-17(3)16-12)14(19)18-7-5-6-10(2)13(18)8-15;/h9-10,13H,4-8,15H2,1-3H3;1H. The topological polar surface area (TPSA) is 64.2 Å². The van der Waals surface area contributed by atoms with E-state index in [9.17, 15) is 4.79 Å². The summed E-state index contributed by atoms with van der Waals surface area (Å²) in [7, 11) is 1.86. The van der Waals surface area contributed by atoms with E-state index in [1.54, 1.807) is 4.68 Å². The lowest BCUT2D eigenvalue weighted by Crippen LogP contribution is -2.51. The van der Waals surface area contributed by atoms with Crippen molar-refractivity contribution in [3.05, 3.63) is 17.5 Å². The van der Waals surface area contributed by atoms with Gasteiger partial charge in [-0.3, -0.25) is 9.48 Å². The van der Waals surface area contributed by atoms with Crippen molar-refractivity contribution in [3.8, 4) is 0 Å². The zero-order valence-corrected chi connectivity index (χ0v) is 13.3. The first kappa shape index (κ1) is 17.0. The third kappa shape index (κ3) is 3.15. The summed E-state index contributed by atoms with van der Waals surface area (Å²) in [6.07, 6.45) is 4.82. The number of hydrogen-bond donors (Lipinski definition) is 1. The van der Waals surface area contributed by atoms with Gasteiger partial charge in [0.1, 0.15) is 0 Å². The Bertz CT molecular complexity index is 460. The average molecular weight is 301 g/mol. The van der Waals surface area contributed by atoms with E-state index in [-0.39, 0.29) is 24.4 Å². The van der Waals surface area contributed by atoms with Crippen LogP contribution in [-0.4, -0.2) is 39.7 Å². The molecular weight excluding hydrogens is 276 g/mol. The SMILES string of the molecule is CCc1nn(C)cc1C(=O)N1CCCC(C)C1CN.Cl. The van der Waals surface area contributed by atoms with Crippen molar-refractivity contribution in [2.24, 2.45) is 18.7 Å². The molecule has 1 saturated heterocycles. The summed E-state index contributed by atoms with van der Waals surface area (Å²) in [6.45, 7) is 5.55. The number of aromatic nitrogens is 2. The maximum atomic E-state index is 12.7. The minimum atomic E-state index is 0. The molecule has 1 fully saturated rings. The van der Waals surface area contributed by atoms with Crippen molar-refractivity contribution in [3.63, 3.8) is 0 Å². The number of carbonyl (C=O) groups excluding carboxylic acids is 1. The minimum absolute atomic E-state index is 0. The Labute approximate surface area is 126 Å². The molecule has 1 aromatic heterocycles. The molecule has 6 heteroatoms. The maximum absolute atomic E-state index is 12.7. The average Bonchev–Trinajstić information content (AvgIpc) is 2.78. The van der Waals surface area contributed by atoms with E-state index < -0.39 is 0 Å². The van der Waals surface area contributed by atoms with Crippen molar-refractivity contribution in [1.82, 2.24) is 14.7 Å². The molecule has 0 saturated carbocycles. The molecule has 2 atom stereocenters. The van der Waals surface area contributed by atoms with Gasteiger partial charge in [0, 0.05) is 32.4 Å². The van der Waals surface area contributed by atoms with Crippen LogP contribution in [0.3, 0.4) is 0 Å². The molecule has 0 bridgehead atoms. The lowest BCUT2D eigenvalue weighted by Gasteiger charge is -2.39. The van der Waals surface area contributed by atoms with Crippen LogP contribution in [0.15, 0.2) is 6.20 Å². The summed E-state index contributed by atoms with van der Waals surface area (Å²) in [4.78, 5) is 14.7. The van der Waals surface area contributed by atoms with Gasteiger partial charge in [-0.05, 0) is 25.2 Å². The van der Waals surface area contributed by atoms with E-state index in [2.05, 4.69) is 12.0 Å². The molecule has 1 amide bonds. The molecule has 0 aliphatic carbocycles. The van der Waals surface area contributed by atoms with Crippen molar-refractivity contribution < 1.29 is 4.79 Å². The molecule has 1 aliphatic rings. The van der Waals surface area contributed by atoms with E-state index in [0.717, 1.165) is 37.1 Å². The highest BCUT2D eigenvalue weighted by Gasteiger charge is 2.32. The Hall–Kier alpha value is -1.07. The second-order valence-corrected chi connectivity index (χ2v) is 5.44. The summed E-state index contributed by atoms with van der Waals surface area (Å²) in [5.41, 5.74) is 7.47. The van der Waals surface area contributed by atoms with Crippen molar-refractivity contribution in [1.29, 1.82) is 0 Å². The molecule has 2 heterocycles. The highest BCUT2D eigenvalue weighted by atomic mass is 35.5. The van der Waals surface area contributed by atoms with E-state index in [1.807, 2.05) is 25.1 Å². The Kier molecular flexibility index (Phi) is 6.02. The molecule has 2 unspecified atom stereocenters. The first-order chi connectivity index (χ1) is 9.08. The maximum Gasteiger partial charge on any atom is 0.257 e. The second-order valence-electron chi connectivity index (χ2n) is 5.44. The van der Waals surface area contributed by atoms with Gasteiger partial charge in [0.25, 0.3) is 5.91 Å². The van der Waals surface area contributed by atoms with E-state index >= 15 is 0 Å². The number of nitrogens with zero attached hydrogens (tertiary/aromatic N) is 3. The largest absolute Gasteiger partial charge is 0.334 e. The smallest absolute Gasteiger partial charge is 0.257 e. The Balaban J connectivity index is 0.00000200. The Morgan fingerprint density at radius 2 is 2.25 bits per heavy atom. The van der Waals surface area contributed by atoms with Gasteiger partial charge in [0.05, 0.1) is 11.3 Å². The van der Waals surface area contributed by atoms with Gasteiger partial charge in [-0.25, -0.2) is 0 Å². The van der Waals surface area contributed by atoms with Crippen LogP contribution in [0.1, 0.15) is 42.7 Å². The van der Waals surface area contributed by atoms with Crippen LogP contribution in [0.5, 0.6) is 0 Å². The van der Waals surface area contributed by atoms with Crippen molar-refractivity contribution in [2.75, 3.05) is 13.1 Å². The fourth-order valence-corrected chi connectivity index (χ4v) is 2.99. The Morgan fingerprint density at radius 3 is 2.85 bits per heavy atom. The lowest BCUT2D eigenvalue weighted by molar-refractivity contribution is 0.0531. The summed E-state index contributed by atoms with van der Waals surface area (Å²) in [5.74, 6) is 0.566. The predicted molar refractivity (Wildman–Crippen MR) is 82.1 cm³/mol. The van der Waals surface area contributed by atoms with Gasteiger partial charge < -0.3 is 10.6 Å². The summed E-state index contributed by atoms with van der Waals surface area (Å²) >= 11 is 0. The summed E-state index contributed by atoms with van der Waals surface area (Å²) < 4.78 is 1.72. The number of carbonyl (C=O) groups is 1. The van der Waals surface area contributed by atoms with Crippen molar-refractivity contribution >= 4 is 18.3 Å². The van der Waals surface area contributed by atoms with Gasteiger partial charge in [-0.1, -0.05) is 13.8 Å². The molecule has 20 heavy (non-hydrogen) atoms. The lowest BCUT2D eigenvalue weighted by atomic mass is 9.90. The molecule has 1 aliphatic heterocycles. The third-order valence-electron chi connectivity index (χ3n) is 4.09. The van der Waals surface area contributed by atoms with Crippen LogP contribution in [0.4, 0.5) is 0 Å². The van der Waals surface area contributed by atoms with Crippen LogP contribution < -0.4 is 5.73 Å². The number of piperidine rings is 1. The first-order valence-corrected chi connectivity index (χ1v) is 7.12. The number of rotatable bonds is 3. The Morgan fingerprint density at radius 1 is 1.55 bits per heavy atom. The van der Waals surface area contributed by atoms with Crippen LogP contribution in [0.25, 0.3) is 0 Å². The van der Waals surface area contributed by atoms with Crippen LogP contribution in [0, 0.1) is 5.92 Å². The number of aryl methyl sites for hydroxylation is 2. The number of halogens is 1. The van der Waals surface area contributed by atoms with Gasteiger partial charge in [-0.15, -0.1) is 12.4 Å². The number of hydrogen-bond acceptors (Lipinski definition) is 3. The molecule has 2 rings (SSSR count). The number of likely N-dealkylation sites (tertiary alicyclic amines) is 1. The minimum Gasteiger partial charge on any atom is -0.334 e. The zero-order valence-electron chi connectivity index (χ0n) is 12.5.